The van der Waals surface area contributed by atoms with Crippen molar-refractivity contribution < 1.29 is 9.18 Å². The molecule has 1 fully saturated rings. The molecule has 0 bridgehead atoms. The van der Waals surface area contributed by atoms with E-state index in [9.17, 15) is 9.18 Å². The van der Waals surface area contributed by atoms with Crippen LogP contribution < -0.4 is 4.90 Å². The predicted octanol–water partition coefficient (Wildman–Crippen LogP) is 2.62. The molecule has 7 heteroatoms. The first-order chi connectivity index (χ1) is 12.1. The van der Waals surface area contributed by atoms with Crippen molar-refractivity contribution in [1.82, 2.24) is 20.0 Å². The van der Waals surface area contributed by atoms with E-state index in [-0.39, 0.29) is 30.1 Å². The number of halogens is 1. The van der Waals surface area contributed by atoms with Gasteiger partial charge in [-0.15, -0.1) is 0 Å². The summed E-state index contributed by atoms with van der Waals surface area (Å²) in [6, 6.07) is 8.45. The number of hydrogen-bond acceptors (Lipinski definition) is 3. The van der Waals surface area contributed by atoms with Gasteiger partial charge in [0, 0.05) is 36.8 Å². The Hall–Kier alpha value is -2.96. The molecule has 1 aliphatic rings. The minimum absolute atomic E-state index is 0.0275. The Morgan fingerprint density at radius 1 is 1.40 bits per heavy atom. The number of aromatic nitrogens is 4. The molecule has 2 atom stereocenters. The van der Waals surface area contributed by atoms with Crippen LogP contribution in [-0.4, -0.2) is 25.9 Å². The van der Waals surface area contributed by atoms with Gasteiger partial charge in [-0.2, -0.15) is 10.2 Å². The molecule has 2 heterocycles. The van der Waals surface area contributed by atoms with Crippen LogP contribution in [0.2, 0.25) is 0 Å². The van der Waals surface area contributed by atoms with E-state index < -0.39 is 0 Å². The van der Waals surface area contributed by atoms with Crippen molar-refractivity contribution >= 4 is 11.6 Å². The second kappa shape index (κ2) is 6.16. The van der Waals surface area contributed by atoms with Crippen molar-refractivity contribution in [1.29, 1.82) is 0 Å². The number of carbonyl (C=O) groups excluding carboxylic acids is 1. The highest BCUT2D eigenvalue weighted by Gasteiger charge is 2.47. The van der Waals surface area contributed by atoms with Gasteiger partial charge < -0.3 is 4.90 Å². The van der Waals surface area contributed by atoms with Crippen molar-refractivity contribution in [3.8, 4) is 0 Å². The molecule has 0 radical (unpaired) electrons. The molecular formula is C18H18FN5O. The van der Waals surface area contributed by atoms with Gasteiger partial charge in [-0.1, -0.05) is 18.2 Å². The van der Waals surface area contributed by atoms with Crippen LogP contribution in [0.25, 0.3) is 0 Å². The highest BCUT2D eigenvalue weighted by Crippen LogP contribution is 2.48. The van der Waals surface area contributed by atoms with Crippen LogP contribution in [0, 0.1) is 11.7 Å². The standard InChI is InChI=1S/C18H18FN5O/c1-23-7-6-17(22-23)14-8-15(14)18(25)24(13-9-20-21-10-13)11-12-4-2-3-5-16(12)19/h2-7,9-10,14-15H,8,11H2,1H3,(H,20,21)/t14-,15-/m1/s1. The number of H-pyrrole nitrogens is 1. The zero-order valence-electron chi connectivity index (χ0n) is 13.8. The first-order valence-electron chi connectivity index (χ1n) is 8.16. The molecule has 1 aliphatic carbocycles. The molecule has 1 saturated carbocycles. The topological polar surface area (TPSA) is 66.8 Å². The molecule has 0 unspecified atom stereocenters. The SMILES string of the molecule is Cn1ccc([C@@H]2C[C@H]2C(=O)N(Cc2ccccc2F)c2cn[nH]c2)n1. The average Bonchev–Trinajstić information content (AvgIpc) is 3.00. The van der Waals surface area contributed by atoms with Gasteiger partial charge in [0.05, 0.1) is 24.1 Å². The average molecular weight is 339 g/mol. The fourth-order valence-corrected chi connectivity index (χ4v) is 3.11. The smallest absolute Gasteiger partial charge is 0.231 e. The van der Waals surface area contributed by atoms with Crippen LogP contribution >= 0.6 is 0 Å². The summed E-state index contributed by atoms with van der Waals surface area (Å²) in [7, 11) is 1.86. The van der Waals surface area contributed by atoms with Crippen LogP contribution in [0.4, 0.5) is 10.1 Å². The van der Waals surface area contributed by atoms with Gasteiger partial charge in [-0.25, -0.2) is 4.39 Å². The number of benzene rings is 1. The molecule has 0 aliphatic heterocycles. The third-order valence-corrected chi connectivity index (χ3v) is 4.57. The van der Waals surface area contributed by atoms with Crippen LogP contribution in [0.1, 0.15) is 23.6 Å². The second-order valence-corrected chi connectivity index (χ2v) is 6.34. The lowest BCUT2D eigenvalue weighted by molar-refractivity contribution is -0.120. The quantitative estimate of drug-likeness (QED) is 0.777. The molecule has 1 aromatic carbocycles. The first kappa shape index (κ1) is 15.6. The van der Waals surface area contributed by atoms with Gasteiger partial charge in [-0.05, 0) is 18.6 Å². The number of nitrogens with one attached hydrogen (secondary N) is 1. The first-order valence-corrected chi connectivity index (χ1v) is 8.16. The number of aromatic amines is 1. The van der Waals surface area contributed by atoms with Crippen LogP contribution in [-0.2, 0) is 18.4 Å². The summed E-state index contributed by atoms with van der Waals surface area (Å²) in [4.78, 5) is 14.6. The molecule has 25 heavy (non-hydrogen) atoms. The van der Waals surface area contributed by atoms with Crippen molar-refractivity contribution in [2.24, 2.45) is 13.0 Å². The molecule has 2 aromatic heterocycles. The monoisotopic (exact) mass is 339 g/mol. The van der Waals surface area contributed by atoms with Gasteiger partial charge >= 0.3 is 0 Å². The third-order valence-electron chi connectivity index (χ3n) is 4.57. The number of nitrogens with zero attached hydrogens (tertiary/aromatic N) is 4. The van der Waals surface area contributed by atoms with Crippen LogP contribution in [0.5, 0.6) is 0 Å². The molecule has 3 aromatic rings. The summed E-state index contributed by atoms with van der Waals surface area (Å²) in [5.41, 5.74) is 2.05. The molecular weight excluding hydrogens is 321 g/mol. The van der Waals surface area contributed by atoms with Crippen molar-refractivity contribution in [3.63, 3.8) is 0 Å². The lowest BCUT2D eigenvalue weighted by Gasteiger charge is -2.21. The lowest BCUT2D eigenvalue weighted by atomic mass is 10.1. The van der Waals surface area contributed by atoms with Crippen molar-refractivity contribution in [2.75, 3.05) is 4.90 Å². The Kier molecular flexibility index (Phi) is 3.83. The number of hydrogen-bond donors (Lipinski definition) is 1. The molecule has 128 valence electrons. The molecule has 0 saturated heterocycles. The molecule has 4 rings (SSSR count). The number of carbonyl (C=O) groups is 1. The van der Waals surface area contributed by atoms with Gasteiger partial charge in [0.2, 0.25) is 5.91 Å². The van der Waals surface area contributed by atoms with Gasteiger partial charge in [0.15, 0.2) is 0 Å². The van der Waals surface area contributed by atoms with Crippen molar-refractivity contribution in [2.45, 2.75) is 18.9 Å². The Bertz CT molecular complexity index is 889. The maximum Gasteiger partial charge on any atom is 0.231 e. The third kappa shape index (κ3) is 3.05. The number of aryl methyl sites for hydroxylation is 1. The summed E-state index contributed by atoms with van der Waals surface area (Å²) in [5, 5.41) is 11.0. The predicted molar refractivity (Wildman–Crippen MR) is 90.2 cm³/mol. The molecule has 6 nitrogen and oxygen atoms in total. The number of amides is 1. The van der Waals surface area contributed by atoms with E-state index >= 15 is 0 Å². The Balaban J connectivity index is 1.57. The minimum Gasteiger partial charge on any atom is -0.305 e. The van der Waals surface area contributed by atoms with E-state index in [0.717, 1.165) is 12.1 Å². The second-order valence-electron chi connectivity index (χ2n) is 6.34. The summed E-state index contributed by atoms with van der Waals surface area (Å²) in [6.45, 7) is 0.177. The van der Waals surface area contributed by atoms with Crippen LogP contribution in [0.15, 0.2) is 48.9 Å². The highest BCUT2D eigenvalue weighted by molar-refractivity contribution is 5.97. The van der Waals surface area contributed by atoms with Gasteiger partial charge in [0.1, 0.15) is 5.82 Å². The number of rotatable bonds is 5. The van der Waals surface area contributed by atoms with E-state index in [1.165, 1.54) is 6.07 Å². The normalized spacial score (nSPS) is 19.0. The van der Waals surface area contributed by atoms with Gasteiger partial charge in [-0.3, -0.25) is 14.6 Å². The Morgan fingerprint density at radius 2 is 2.24 bits per heavy atom. The summed E-state index contributed by atoms with van der Waals surface area (Å²) in [5.74, 6) is -0.346. The summed E-state index contributed by atoms with van der Waals surface area (Å²) >= 11 is 0. The molecule has 0 spiro atoms. The molecule has 1 N–H and O–H groups in total. The maximum absolute atomic E-state index is 14.0. The fourth-order valence-electron chi connectivity index (χ4n) is 3.11. The van der Waals surface area contributed by atoms with E-state index in [4.69, 9.17) is 0 Å². The van der Waals surface area contributed by atoms with E-state index in [2.05, 4.69) is 15.3 Å². The fraction of sp³-hybridized carbons (Fsp3) is 0.278. The largest absolute Gasteiger partial charge is 0.305 e. The maximum atomic E-state index is 14.0. The summed E-state index contributed by atoms with van der Waals surface area (Å²) < 4.78 is 15.8. The highest BCUT2D eigenvalue weighted by atomic mass is 19.1. The van der Waals surface area contributed by atoms with Gasteiger partial charge in [0.25, 0.3) is 0 Å². The summed E-state index contributed by atoms with van der Waals surface area (Å²) in [6.07, 6.45) is 5.87. The van der Waals surface area contributed by atoms with E-state index in [1.807, 2.05) is 19.3 Å². The van der Waals surface area contributed by atoms with Crippen LogP contribution in [0.3, 0.4) is 0 Å². The van der Waals surface area contributed by atoms with E-state index in [0.29, 0.717) is 11.3 Å². The Morgan fingerprint density at radius 3 is 2.92 bits per heavy atom. The molecule has 1 amide bonds. The van der Waals surface area contributed by atoms with Crippen molar-refractivity contribution in [3.05, 3.63) is 66.0 Å². The number of anilines is 1. The Labute approximate surface area is 144 Å². The van der Waals surface area contributed by atoms with E-state index in [1.54, 1.807) is 40.2 Å². The lowest BCUT2D eigenvalue weighted by Crippen LogP contribution is -2.32. The zero-order valence-corrected chi connectivity index (χ0v) is 13.8. The zero-order chi connectivity index (χ0) is 17.4. The minimum atomic E-state index is -0.319.